The van der Waals surface area contributed by atoms with Crippen LogP contribution in [0.25, 0.3) is 0 Å². The lowest BCUT2D eigenvalue weighted by molar-refractivity contribution is -0.127. The second-order valence-corrected chi connectivity index (χ2v) is 6.37. The predicted molar refractivity (Wildman–Crippen MR) is 95.2 cm³/mol. The predicted octanol–water partition coefficient (Wildman–Crippen LogP) is 3.42. The summed E-state index contributed by atoms with van der Waals surface area (Å²) in [5.41, 5.74) is 4.28. The third-order valence-corrected chi connectivity index (χ3v) is 4.34. The number of carbonyl (C=O) groups is 1. The van der Waals surface area contributed by atoms with Crippen LogP contribution in [0.2, 0.25) is 0 Å². The summed E-state index contributed by atoms with van der Waals surface area (Å²) in [5.74, 6) is 2.04. The van der Waals surface area contributed by atoms with E-state index in [4.69, 9.17) is 14.2 Å². The van der Waals surface area contributed by atoms with E-state index in [1.807, 2.05) is 45.0 Å². The molecule has 1 atom stereocenters. The van der Waals surface area contributed by atoms with Crippen LogP contribution in [-0.2, 0) is 11.3 Å². The van der Waals surface area contributed by atoms with E-state index in [0.29, 0.717) is 12.3 Å². The Morgan fingerprint density at radius 3 is 2.72 bits per heavy atom. The van der Waals surface area contributed by atoms with Crippen LogP contribution >= 0.6 is 0 Å². The summed E-state index contributed by atoms with van der Waals surface area (Å²) < 4.78 is 16.5. The van der Waals surface area contributed by atoms with Gasteiger partial charge in [0.15, 0.2) is 17.6 Å². The molecule has 0 saturated heterocycles. The largest absolute Gasteiger partial charge is 0.481 e. The molecular formula is C20H23NO4. The first-order valence-electron chi connectivity index (χ1n) is 8.35. The fourth-order valence-corrected chi connectivity index (χ4v) is 2.75. The lowest BCUT2D eigenvalue weighted by atomic mass is 10.1. The van der Waals surface area contributed by atoms with Crippen molar-refractivity contribution < 1.29 is 19.0 Å². The molecular weight excluding hydrogens is 318 g/mol. The maximum atomic E-state index is 12.3. The highest BCUT2D eigenvalue weighted by Gasteiger charge is 2.17. The van der Waals surface area contributed by atoms with Crippen molar-refractivity contribution in [3.05, 3.63) is 52.6 Å². The molecule has 1 unspecified atom stereocenters. The minimum absolute atomic E-state index is 0.156. The third kappa shape index (κ3) is 3.87. The number of fused-ring (bicyclic) bond motifs is 1. The van der Waals surface area contributed by atoms with Gasteiger partial charge >= 0.3 is 0 Å². The second-order valence-electron chi connectivity index (χ2n) is 6.37. The summed E-state index contributed by atoms with van der Waals surface area (Å²) in [4.78, 5) is 12.3. The number of aryl methyl sites for hydroxylation is 2. The van der Waals surface area contributed by atoms with Crippen LogP contribution in [0.1, 0.15) is 29.2 Å². The Kier molecular flexibility index (Phi) is 4.83. The summed E-state index contributed by atoms with van der Waals surface area (Å²) >= 11 is 0. The van der Waals surface area contributed by atoms with Crippen LogP contribution in [0.5, 0.6) is 17.2 Å². The normalized spacial score (nSPS) is 13.4. The fraction of sp³-hybridized carbons (Fsp3) is 0.350. The van der Waals surface area contributed by atoms with E-state index in [0.717, 1.165) is 33.8 Å². The average molecular weight is 341 g/mol. The number of benzene rings is 2. The van der Waals surface area contributed by atoms with Gasteiger partial charge in [0.1, 0.15) is 5.75 Å². The van der Waals surface area contributed by atoms with Crippen LogP contribution in [0.15, 0.2) is 30.3 Å². The van der Waals surface area contributed by atoms with Crippen molar-refractivity contribution in [2.45, 2.75) is 40.3 Å². The molecule has 0 aromatic heterocycles. The zero-order valence-electron chi connectivity index (χ0n) is 15.0. The maximum absolute atomic E-state index is 12.3. The minimum atomic E-state index is -0.575. The summed E-state index contributed by atoms with van der Waals surface area (Å²) in [5, 5.41) is 2.90. The highest BCUT2D eigenvalue weighted by atomic mass is 16.7. The molecule has 1 heterocycles. The van der Waals surface area contributed by atoms with Gasteiger partial charge in [-0.05, 0) is 68.1 Å². The van der Waals surface area contributed by atoms with Crippen molar-refractivity contribution in [2.75, 3.05) is 6.79 Å². The van der Waals surface area contributed by atoms with E-state index in [1.54, 1.807) is 6.92 Å². The highest BCUT2D eigenvalue weighted by Crippen LogP contribution is 2.32. The number of carbonyl (C=O) groups excluding carboxylic acids is 1. The Bertz CT molecular complexity index is 801. The van der Waals surface area contributed by atoms with Crippen molar-refractivity contribution in [2.24, 2.45) is 0 Å². The van der Waals surface area contributed by atoms with E-state index in [2.05, 4.69) is 11.4 Å². The van der Waals surface area contributed by atoms with Crippen molar-refractivity contribution in [3.63, 3.8) is 0 Å². The molecule has 5 heteroatoms. The molecule has 0 radical (unpaired) electrons. The molecule has 3 rings (SSSR count). The molecule has 0 spiro atoms. The van der Waals surface area contributed by atoms with Crippen LogP contribution < -0.4 is 19.5 Å². The summed E-state index contributed by atoms with van der Waals surface area (Å²) in [6, 6.07) is 9.70. The SMILES string of the molecule is Cc1cc(C)c(C)c(OC(C)C(=O)NCc2ccc3c(c2)OCO3)c1. The van der Waals surface area contributed by atoms with Gasteiger partial charge in [-0.15, -0.1) is 0 Å². The molecule has 0 bridgehead atoms. The van der Waals surface area contributed by atoms with Gasteiger partial charge in [0.2, 0.25) is 6.79 Å². The van der Waals surface area contributed by atoms with E-state index in [9.17, 15) is 4.79 Å². The van der Waals surface area contributed by atoms with Crippen molar-refractivity contribution >= 4 is 5.91 Å². The minimum Gasteiger partial charge on any atom is -0.481 e. The standard InChI is InChI=1S/C20H23NO4/c1-12-7-13(2)14(3)18(8-12)25-15(4)20(22)21-10-16-5-6-17-19(9-16)24-11-23-17/h5-9,15H,10-11H2,1-4H3,(H,21,22). The first kappa shape index (κ1) is 17.1. The molecule has 0 saturated carbocycles. The Labute approximate surface area is 147 Å². The van der Waals surface area contributed by atoms with E-state index >= 15 is 0 Å². The number of rotatable bonds is 5. The molecule has 2 aromatic carbocycles. The van der Waals surface area contributed by atoms with Gasteiger partial charge in [-0.25, -0.2) is 0 Å². The van der Waals surface area contributed by atoms with E-state index in [-0.39, 0.29) is 12.7 Å². The highest BCUT2D eigenvalue weighted by molar-refractivity contribution is 5.80. The molecule has 5 nitrogen and oxygen atoms in total. The Morgan fingerprint density at radius 2 is 1.92 bits per heavy atom. The van der Waals surface area contributed by atoms with Gasteiger partial charge < -0.3 is 19.5 Å². The molecule has 0 fully saturated rings. The Hall–Kier alpha value is -2.69. The van der Waals surface area contributed by atoms with Crippen LogP contribution in [0, 0.1) is 20.8 Å². The molecule has 0 aliphatic carbocycles. The van der Waals surface area contributed by atoms with Crippen LogP contribution in [0.3, 0.4) is 0 Å². The van der Waals surface area contributed by atoms with Crippen molar-refractivity contribution in [1.82, 2.24) is 5.32 Å². The second kappa shape index (κ2) is 7.05. The lowest BCUT2D eigenvalue weighted by Crippen LogP contribution is -2.36. The zero-order chi connectivity index (χ0) is 18.0. The topological polar surface area (TPSA) is 56.8 Å². The van der Waals surface area contributed by atoms with Gasteiger partial charge in [-0.1, -0.05) is 12.1 Å². The molecule has 1 N–H and O–H groups in total. The summed E-state index contributed by atoms with van der Waals surface area (Å²) in [7, 11) is 0. The number of ether oxygens (including phenoxy) is 3. The van der Waals surface area contributed by atoms with Crippen molar-refractivity contribution in [3.8, 4) is 17.2 Å². The molecule has 132 valence electrons. The Balaban J connectivity index is 1.60. The number of amides is 1. The van der Waals surface area contributed by atoms with Gasteiger partial charge in [-0.2, -0.15) is 0 Å². The molecule has 1 aliphatic heterocycles. The number of hydrogen-bond acceptors (Lipinski definition) is 4. The van der Waals surface area contributed by atoms with Crippen LogP contribution in [0.4, 0.5) is 0 Å². The first-order valence-corrected chi connectivity index (χ1v) is 8.35. The summed E-state index contributed by atoms with van der Waals surface area (Å²) in [6.07, 6.45) is -0.575. The fourth-order valence-electron chi connectivity index (χ4n) is 2.75. The average Bonchev–Trinajstić information content (AvgIpc) is 3.04. The Morgan fingerprint density at radius 1 is 1.16 bits per heavy atom. The molecule has 1 amide bonds. The lowest BCUT2D eigenvalue weighted by Gasteiger charge is -2.18. The molecule has 25 heavy (non-hydrogen) atoms. The molecule has 1 aliphatic rings. The summed E-state index contributed by atoms with van der Waals surface area (Å²) in [6.45, 7) is 8.47. The molecule has 2 aromatic rings. The van der Waals surface area contributed by atoms with Gasteiger partial charge in [-0.3, -0.25) is 4.79 Å². The van der Waals surface area contributed by atoms with Gasteiger partial charge in [0.05, 0.1) is 0 Å². The quantitative estimate of drug-likeness (QED) is 0.905. The van der Waals surface area contributed by atoms with Gasteiger partial charge in [0.25, 0.3) is 5.91 Å². The van der Waals surface area contributed by atoms with Gasteiger partial charge in [0, 0.05) is 6.54 Å². The number of nitrogens with one attached hydrogen (secondary N) is 1. The van der Waals surface area contributed by atoms with Crippen molar-refractivity contribution in [1.29, 1.82) is 0 Å². The monoisotopic (exact) mass is 341 g/mol. The smallest absolute Gasteiger partial charge is 0.261 e. The van der Waals surface area contributed by atoms with E-state index in [1.165, 1.54) is 0 Å². The van der Waals surface area contributed by atoms with E-state index < -0.39 is 6.10 Å². The third-order valence-electron chi connectivity index (χ3n) is 4.34. The number of hydrogen-bond donors (Lipinski definition) is 1. The van der Waals surface area contributed by atoms with Crippen LogP contribution in [-0.4, -0.2) is 18.8 Å². The maximum Gasteiger partial charge on any atom is 0.261 e. The zero-order valence-corrected chi connectivity index (χ0v) is 15.0. The first-order chi connectivity index (χ1) is 11.9.